The van der Waals surface area contributed by atoms with E-state index in [2.05, 4.69) is 65.9 Å². The van der Waals surface area contributed by atoms with Crippen molar-refractivity contribution in [3.8, 4) is 11.1 Å². The molecule has 1 amide bonds. The SMILES string of the molecule is Cc1cc(/C=C2\SC(Nc3ccccc3)N([C@H]3CCCC[C@H]3C)C2=O)c(C)n1-c1sc2c(c1C#N)CCCC2. The molecular weight excluding hydrogens is 521 g/mol. The van der Waals surface area contributed by atoms with E-state index in [9.17, 15) is 10.1 Å². The standard InChI is InChI=1S/C32H36N4OS2/c1-20-11-7-9-15-27(20)36-30(37)29(39-32(36)34-24-12-5-4-6-13-24)18-23-17-21(2)35(22(23)3)31-26(19-33)25-14-8-10-16-28(25)38-31/h4-6,12-13,17-18,20,27,32,34H,7-11,14-16H2,1-3H3/b29-18-/t20-,27+,32?/m1/s1. The van der Waals surface area contributed by atoms with Crippen LogP contribution in [0.15, 0.2) is 41.3 Å². The fraction of sp³-hybridized carbons (Fsp3) is 0.438. The smallest absolute Gasteiger partial charge is 0.262 e. The number of hydrogen-bond donors (Lipinski definition) is 1. The number of hydrogen-bond acceptors (Lipinski definition) is 5. The molecule has 0 spiro atoms. The molecule has 5 nitrogen and oxygen atoms in total. The Morgan fingerprint density at radius 3 is 2.62 bits per heavy atom. The molecule has 6 rings (SSSR count). The van der Waals surface area contributed by atoms with E-state index < -0.39 is 0 Å². The molecule has 39 heavy (non-hydrogen) atoms. The van der Waals surface area contributed by atoms with Gasteiger partial charge in [-0.15, -0.1) is 11.3 Å². The quantitative estimate of drug-likeness (QED) is 0.326. The lowest BCUT2D eigenvalue weighted by Gasteiger charge is -2.39. The first kappa shape index (κ1) is 26.3. The molecule has 3 atom stereocenters. The number of thioether (sulfide) groups is 1. The van der Waals surface area contributed by atoms with Crippen molar-refractivity contribution >= 4 is 40.8 Å². The predicted octanol–water partition coefficient (Wildman–Crippen LogP) is 7.80. The zero-order chi connectivity index (χ0) is 27.1. The first-order chi connectivity index (χ1) is 19.0. The van der Waals surface area contributed by atoms with Gasteiger partial charge in [0.2, 0.25) is 0 Å². The first-order valence-electron chi connectivity index (χ1n) is 14.2. The van der Waals surface area contributed by atoms with E-state index in [0.717, 1.165) is 63.8 Å². The number of nitrogens with zero attached hydrogens (tertiary/aromatic N) is 3. The molecule has 1 N–H and O–H groups in total. The predicted molar refractivity (Wildman–Crippen MR) is 162 cm³/mol. The second-order valence-corrected chi connectivity index (χ2v) is 13.4. The molecule has 1 unspecified atom stereocenters. The number of rotatable bonds is 5. The molecule has 1 saturated carbocycles. The van der Waals surface area contributed by atoms with Crippen molar-refractivity contribution in [2.24, 2.45) is 5.92 Å². The number of carbonyl (C=O) groups is 1. The van der Waals surface area contributed by atoms with Crippen molar-refractivity contribution in [1.29, 1.82) is 5.26 Å². The number of nitrogens with one attached hydrogen (secondary N) is 1. The van der Waals surface area contributed by atoms with Gasteiger partial charge in [0.15, 0.2) is 5.50 Å². The number of nitriles is 1. The lowest BCUT2D eigenvalue weighted by atomic mass is 9.85. The van der Waals surface area contributed by atoms with E-state index in [1.807, 2.05) is 18.2 Å². The topological polar surface area (TPSA) is 61.1 Å². The third-order valence-electron chi connectivity index (χ3n) is 8.65. The lowest BCUT2D eigenvalue weighted by Crippen LogP contribution is -2.48. The number of fused-ring (bicyclic) bond motifs is 1. The number of carbonyl (C=O) groups excluding carboxylic acids is 1. The molecule has 0 radical (unpaired) electrons. The Kier molecular flexibility index (Phi) is 7.35. The number of benzene rings is 1. The van der Waals surface area contributed by atoms with Crippen LogP contribution in [0.1, 0.15) is 78.4 Å². The number of aromatic nitrogens is 1. The number of thiophene rings is 1. The summed E-state index contributed by atoms with van der Waals surface area (Å²) in [6, 6.07) is 15.1. The Hall–Kier alpha value is -2.95. The van der Waals surface area contributed by atoms with Crippen molar-refractivity contribution in [2.75, 3.05) is 5.32 Å². The Labute approximate surface area is 239 Å². The molecule has 3 heterocycles. The molecule has 3 aromatic rings. The summed E-state index contributed by atoms with van der Waals surface area (Å²) in [6.45, 7) is 6.52. The normalized spacial score (nSPS) is 24.2. The molecule has 202 valence electrons. The van der Waals surface area contributed by atoms with Crippen LogP contribution in [-0.2, 0) is 17.6 Å². The van der Waals surface area contributed by atoms with Gasteiger partial charge in [0, 0.05) is 28.0 Å². The molecule has 2 aromatic heterocycles. The highest BCUT2D eigenvalue weighted by molar-refractivity contribution is 8.05. The van der Waals surface area contributed by atoms with Gasteiger partial charge in [0.25, 0.3) is 5.91 Å². The van der Waals surface area contributed by atoms with Crippen LogP contribution in [0, 0.1) is 31.1 Å². The van der Waals surface area contributed by atoms with Gasteiger partial charge in [-0.1, -0.05) is 49.7 Å². The van der Waals surface area contributed by atoms with E-state index in [1.54, 1.807) is 23.1 Å². The lowest BCUT2D eigenvalue weighted by molar-refractivity contribution is -0.129. The van der Waals surface area contributed by atoms with E-state index in [-0.39, 0.29) is 17.4 Å². The number of para-hydroxylation sites is 1. The summed E-state index contributed by atoms with van der Waals surface area (Å²) in [5.74, 6) is 0.614. The molecule has 7 heteroatoms. The van der Waals surface area contributed by atoms with Gasteiger partial charge < -0.3 is 14.8 Å². The van der Waals surface area contributed by atoms with Crippen LogP contribution in [0.5, 0.6) is 0 Å². The van der Waals surface area contributed by atoms with Crippen LogP contribution < -0.4 is 5.32 Å². The summed E-state index contributed by atoms with van der Waals surface area (Å²) in [6.07, 6.45) is 11.2. The number of aryl methyl sites for hydroxylation is 2. The monoisotopic (exact) mass is 556 g/mol. The fourth-order valence-corrected chi connectivity index (χ4v) is 9.23. The van der Waals surface area contributed by atoms with Crippen LogP contribution in [0.25, 0.3) is 11.1 Å². The van der Waals surface area contributed by atoms with Gasteiger partial charge in [-0.3, -0.25) is 4.79 Å². The van der Waals surface area contributed by atoms with Crippen molar-refractivity contribution in [2.45, 2.75) is 83.7 Å². The summed E-state index contributed by atoms with van der Waals surface area (Å²) < 4.78 is 2.23. The average molecular weight is 557 g/mol. The van der Waals surface area contributed by atoms with Crippen molar-refractivity contribution in [3.05, 3.63) is 74.3 Å². The van der Waals surface area contributed by atoms with Crippen LogP contribution in [0.3, 0.4) is 0 Å². The fourth-order valence-electron chi connectivity index (χ4n) is 6.58. The Morgan fingerprint density at radius 2 is 1.85 bits per heavy atom. The minimum Gasteiger partial charge on any atom is -0.356 e. The Balaban J connectivity index is 1.36. The number of amides is 1. The van der Waals surface area contributed by atoms with E-state index in [0.29, 0.717) is 5.92 Å². The molecule has 3 aliphatic rings. The maximum atomic E-state index is 14.0. The highest BCUT2D eigenvalue weighted by atomic mass is 32.2. The zero-order valence-corrected chi connectivity index (χ0v) is 24.6. The maximum Gasteiger partial charge on any atom is 0.262 e. The third kappa shape index (κ3) is 4.83. The molecule has 1 aromatic carbocycles. The molecule has 1 saturated heterocycles. The number of anilines is 1. The Bertz CT molecular complexity index is 1460. The van der Waals surface area contributed by atoms with Crippen molar-refractivity contribution in [1.82, 2.24) is 9.47 Å². The summed E-state index contributed by atoms with van der Waals surface area (Å²) in [4.78, 5) is 18.3. The molecular formula is C32H36N4OS2. The second-order valence-electron chi connectivity index (χ2n) is 11.2. The van der Waals surface area contributed by atoms with Crippen molar-refractivity contribution in [3.63, 3.8) is 0 Å². The minimum atomic E-state index is -0.130. The van der Waals surface area contributed by atoms with Crippen LogP contribution in [-0.4, -0.2) is 26.9 Å². The molecule has 2 aliphatic carbocycles. The summed E-state index contributed by atoms with van der Waals surface area (Å²) in [5, 5.41) is 14.8. The minimum absolute atomic E-state index is 0.126. The largest absolute Gasteiger partial charge is 0.356 e. The van der Waals surface area contributed by atoms with Crippen molar-refractivity contribution < 1.29 is 4.79 Å². The van der Waals surface area contributed by atoms with Gasteiger partial charge in [0.1, 0.15) is 11.1 Å². The summed E-state index contributed by atoms with van der Waals surface area (Å²) in [7, 11) is 0. The van der Waals surface area contributed by atoms with Gasteiger partial charge >= 0.3 is 0 Å². The highest BCUT2D eigenvalue weighted by Crippen LogP contribution is 2.43. The molecule has 2 fully saturated rings. The molecule has 1 aliphatic heterocycles. The van der Waals surface area contributed by atoms with Gasteiger partial charge in [-0.05, 0) is 93.7 Å². The van der Waals surface area contributed by atoms with E-state index in [1.165, 1.54) is 36.1 Å². The maximum absolute atomic E-state index is 14.0. The summed E-state index contributed by atoms with van der Waals surface area (Å²) in [5.41, 5.74) is 6.23. The summed E-state index contributed by atoms with van der Waals surface area (Å²) >= 11 is 3.40. The first-order valence-corrected chi connectivity index (χ1v) is 15.9. The third-order valence-corrected chi connectivity index (χ3v) is 11.0. The molecule has 0 bridgehead atoms. The van der Waals surface area contributed by atoms with Crippen LogP contribution in [0.4, 0.5) is 5.69 Å². The highest BCUT2D eigenvalue weighted by Gasteiger charge is 2.43. The van der Waals surface area contributed by atoms with Gasteiger partial charge in [-0.2, -0.15) is 5.26 Å². The zero-order valence-electron chi connectivity index (χ0n) is 23.0. The Morgan fingerprint density at radius 1 is 1.08 bits per heavy atom. The van der Waals surface area contributed by atoms with Gasteiger partial charge in [-0.25, -0.2) is 0 Å². The van der Waals surface area contributed by atoms with Crippen LogP contribution >= 0.6 is 23.1 Å². The van der Waals surface area contributed by atoms with E-state index >= 15 is 0 Å². The van der Waals surface area contributed by atoms with E-state index in [4.69, 9.17) is 0 Å². The van der Waals surface area contributed by atoms with Gasteiger partial charge in [0.05, 0.1) is 10.5 Å². The average Bonchev–Trinajstić information content (AvgIpc) is 3.55. The second kappa shape index (κ2) is 10.9. The van der Waals surface area contributed by atoms with Crippen LogP contribution in [0.2, 0.25) is 0 Å².